The van der Waals surface area contributed by atoms with Crippen molar-refractivity contribution in [2.24, 2.45) is 5.14 Å². The summed E-state index contributed by atoms with van der Waals surface area (Å²) >= 11 is 0. The molecule has 1 fully saturated rings. The number of nitrogens with zero attached hydrogens (tertiary/aromatic N) is 3. The first kappa shape index (κ1) is 16.9. The molecule has 6 nitrogen and oxygen atoms in total. The first-order valence-electron chi connectivity index (χ1n) is 8.02. The highest BCUT2D eigenvalue weighted by Crippen LogP contribution is 2.25. The van der Waals surface area contributed by atoms with Gasteiger partial charge in [0.2, 0.25) is 10.0 Å². The Morgan fingerprint density at radius 3 is 2.33 bits per heavy atom. The van der Waals surface area contributed by atoms with E-state index in [0.717, 1.165) is 39.1 Å². The Kier molecular flexibility index (Phi) is 5.13. The molecule has 0 aliphatic carbocycles. The number of sulfonamides is 1. The third-order valence-electron chi connectivity index (χ3n) is 4.35. The van der Waals surface area contributed by atoms with Crippen molar-refractivity contribution in [2.75, 3.05) is 37.6 Å². The van der Waals surface area contributed by atoms with Crippen molar-refractivity contribution in [1.29, 1.82) is 0 Å². The van der Waals surface area contributed by atoms with E-state index in [1.165, 1.54) is 5.56 Å². The third-order valence-corrected chi connectivity index (χ3v) is 5.31. The van der Waals surface area contributed by atoms with E-state index in [-0.39, 0.29) is 4.90 Å². The average molecular weight is 346 g/mol. The molecule has 24 heavy (non-hydrogen) atoms. The van der Waals surface area contributed by atoms with Crippen LogP contribution in [-0.2, 0) is 16.4 Å². The topological polar surface area (TPSA) is 79.5 Å². The molecule has 1 aromatic heterocycles. The fourth-order valence-electron chi connectivity index (χ4n) is 3.01. The highest BCUT2D eigenvalue weighted by molar-refractivity contribution is 7.89. The van der Waals surface area contributed by atoms with Gasteiger partial charge in [-0.1, -0.05) is 12.1 Å². The Morgan fingerprint density at radius 2 is 1.67 bits per heavy atom. The summed E-state index contributed by atoms with van der Waals surface area (Å²) in [5.74, 6) is 0. The second-order valence-corrected chi connectivity index (χ2v) is 7.48. The molecule has 0 unspecified atom stereocenters. The summed E-state index contributed by atoms with van der Waals surface area (Å²) < 4.78 is 23.5. The molecular formula is C17H22N4O2S. The van der Waals surface area contributed by atoms with Crippen molar-refractivity contribution in [1.82, 2.24) is 9.88 Å². The molecule has 2 heterocycles. The number of primary sulfonamides is 1. The average Bonchev–Trinajstić information content (AvgIpc) is 2.61. The smallest absolute Gasteiger partial charge is 0.240 e. The molecule has 0 amide bonds. The van der Waals surface area contributed by atoms with Crippen molar-refractivity contribution in [3.63, 3.8) is 0 Å². The van der Waals surface area contributed by atoms with Crippen LogP contribution in [0.2, 0.25) is 0 Å². The lowest BCUT2D eigenvalue weighted by molar-refractivity contribution is 0.260. The Labute approximate surface area is 143 Å². The standard InChI is InChI=1S/C17H22N4O2S/c18-24(22,23)17-4-2-1-3-16(17)21-13-11-20(12-14-21)10-7-15-5-8-19-9-6-15/h1-6,8-9H,7,10-14H2,(H2,18,22,23). The molecule has 0 atom stereocenters. The second kappa shape index (κ2) is 7.29. The van der Waals surface area contributed by atoms with E-state index in [0.29, 0.717) is 5.69 Å². The van der Waals surface area contributed by atoms with Crippen molar-refractivity contribution >= 4 is 15.7 Å². The van der Waals surface area contributed by atoms with Crippen molar-refractivity contribution in [3.05, 3.63) is 54.4 Å². The maximum atomic E-state index is 11.8. The Balaban J connectivity index is 1.60. The van der Waals surface area contributed by atoms with E-state index in [9.17, 15) is 8.42 Å². The van der Waals surface area contributed by atoms with E-state index in [2.05, 4.69) is 14.8 Å². The van der Waals surface area contributed by atoms with Gasteiger partial charge in [0.25, 0.3) is 0 Å². The van der Waals surface area contributed by atoms with Crippen LogP contribution in [0.15, 0.2) is 53.7 Å². The summed E-state index contributed by atoms with van der Waals surface area (Å²) in [4.78, 5) is 8.74. The minimum Gasteiger partial charge on any atom is -0.368 e. The van der Waals surface area contributed by atoms with Gasteiger partial charge in [-0.05, 0) is 36.2 Å². The van der Waals surface area contributed by atoms with Crippen molar-refractivity contribution in [3.8, 4) is 0 Å². The second-order valence-electron chi connectivity index (χ2n) is 5.95. The molecule has 0 bridgehead atoms. The molecule has 0 spiro atoms. The van der Waals surface area contributed by atoms with E-state index in [1.807, 2.05) is 36.7 Å². The van der Waals surface area contributed by atoms with E-state index in [4.69, 9.17) is 5.14 Å². The summed E-state index contributed by atoms with van der Waals surface area (Å²) in [5.41, 5.74) is 1.99. The summed E-state index contributed by atoms with van der Waals surface area (Å²) in [6, 6.07) is 11.0. The number of hydrogen-bond acceptors (Lipinski definition) is 5. The van der Waals surface area contributed by atoms with Crippen LogP contribution in [0.4, 0.5) is 5.69 Å². The summed E-state index contributed by atoms with van der Waals surface area (Å²) in [6.45, 7) is 4.40. The summed E-state index contributed by atoms with van der Waals surface area (Å²) in [6.07, 6.45) is 4.63. The number of pyridine rings is 1. The zero-order valence-corrected chi connectivity index (χ0v) is 14.3. The third kappa shape index (κ3) is 4.11. The lowest BCUT2D eigenvalue weighted by Gasteiger charge is -2.36. The Morgan fingerprint density at radius 1 is 1.00 bits per heavy atom. The molecule has 1 aromatic carbocycles. The SMILES string of the molecule is NS(=O)(=O)c1ccccc1N1CCN(CCc2ccncc2)CC1. The molecule has 3 rings (SSSR count). The van der Waals surface area contributed by atoms with Gasteiger partial charge >= 0.3 is 0 Å². The van der Waals surface area contributed by atoms with E-state index < -0.39 is 10.0 Å². The molecule has 2 N–H and O–H groups in total. The number of aromatic nitrogens is 1. The summed E-state index contributed by atoms with van der Waals surface area (Å²) in [7, 11) is -3.70. The lowest BCUT2D eigenvalue weighted by atomic mass is 10.2. The van der Waals surface area contributed by atoms with Crippen LogP contribution >= 0.6 is 0 Å². The normalized spacial score (nSPS) is 16.3. The van der Waals surface area contributed by atoms with Crippen molar-refractivity contribution in [2.45, 2.75) is 11.3 Å². The predicted octanol–water partition coefficient (Wildman–Crippen LogP) is 1.09. The van der Waals surface area contributed by atoms with Gasteiger partial charge in [0, 0.05) is 45.1 Å². The van der Waals surface area contributed by atoms with Crippen molar-refractivity contribution < 1.29 is 8.42 Å². The van der Waals surface area contributed by atoms with Crippen LogP contribution in [0.3, 0.4) is 0 Å². The fraction of sp³-hybridized carbons (Fsp3) is 0.353. The first-order valence-corrected chi connectivity index (χ1v) is 9.57. The first-order chi connectivity index (χ1) is 11.5. The van der Waals surface area contributed by atoms with Gasteiger partial charge in [-0.2, -0.15) is 0 Å². The van der Waals surface area contributed by atoms with Gasteiger partial charge < -0.3 is 4.90 Å². The number of para-hydroxylation sites is 1. The molecule has 1 aliphatic heterocycles. The van der Waals surface area contributed by atoms with Gasteiger partial charge in [-0.15, -0.1) is 0 Å². The van der Waals surface area contributed by atoms with Gasteiger partial charge in [-0.3, -0.25) is 9.88 Å². The maximum Gasteiger partial charge on any atom is 0.240 e. The minimum atomic E-state index is -3.70. The maximum absolute atomic E-state index is 11.8. The van der Waals surface area contributed by atoms with Crippen LogP contribution in [0.25, 0.3) is 0 Å². The van der Waals surface area contributed by atoms with Crippen LogP contribution < -0.4 is 10.0 Å². The van der Waals surface area contributed by atoms with E-state index >= 15 is 0 Å². The number of rotatable bonds is 5. The number of benzene rings is 1. The molecule has 1 aliphatic rings. The Hall–Kier alpha value is -1.96. The van der Waals surface area contributed by atoms with Crippen LogP contribution in [-0.4, -0.2) is 51.0 Å². The predicted molar refractivity (Wildman–Crippen MR) is 94.4 cm³/mol. The quantitative estimate of drug-likeness (QED) is 0.877. The van der Waals surface area contributed by atoms with Gasteiger partial charge in [0.15, 0.2) is 0 Å². The number of anilines is 1. The molecule has 128 valence electrons. The molecular weight excluding hydrogens is 324 g/mol. The van der Waals surface area contributed by atoms with E-state index in [1.54, 1.807) is 12.1 Å². The summed E-state index contributed by atoms with van der Waals surface area (Å²) in [5, 5.41) is 5.33. The van der Waals surface area contributed by atoms with Gasteiger partial charge in [0.1, 0.15) is 4.90 Å². The highest BCUT2D eigenvalue weighted by atomic mass is 32.2. The monoisotopic (exact) mass is 346 g/mol. The molecule has 0 radical (unpaired) electrons. The molecule has 0 saturated carbocycles. The lowest BCUT2D eigenvalue weighted by Crippen LogP contribution is -2.47. The number of hydrogen-bond donors (Lipinski definition) is 1. The van der Waals surface area contributed by atoms with Crippen LogP contribution in [0.5, 0.6) is 0 Å². The number of piperazine rings is 1. The zero-order chi connectivity index (χ0) is 17.0. The molecule has 2 aromatic rings. The molecule has 7 heteroatoms. The van der Waals surface area contributed by atoms with Crippen LogP contribution in [0.1, 0.15) is 5.56 Å². The molecule has 1 saturated heterocycles. The largest absolute Gasteiger partial charge is 0.368 e. The van der Waals surface area contributed by atoms with Gasteiger partial charge in [0.05, 0.1) is 5.69 Å². The Bertz CT molecular complexity index is 772. The van der Waals surface area contributed by atoms with Crippen LogP contribution in [0, 0.1) is 0 Å². The number of nitrogens with two attached hydrogens (primary N) is 1. The minimum absolute atomic E-state index is 0.204. The highest BCUT2D eigenvalue weighted by Gasteiger charge is 2.22. The zero-order valence-electron chi connectivity index (χ0n) is 13.5. The van der Waals surface area contributed by atoms with Gasteiger partial charge in [-0.25, -0.2) is 13.6 Å². The fourth-order valence-corrected chi connectivity index (χ4v) is 3.76.